The number of carboxylic acids is 1. The SMILES string of the molecule is COc1ccccc1C1NC(CC(C)C)(C(=O)O)C2C(=O)N(C(C)(C)C)C(=O)C12. The molecule has 29 heavy (non-hydrogen) atoms. The molecule has 2 aliphatic heterocycles. The fourth-order valence-electron chi connectivity index (χ4n) is 4.97. The van der Waals surface area contributed by atoms with E-state index in [0.29, 0.717) is 11.3 Å². The first-order valence-electron chi connectivity index (χ1n) is 9.97. The van der Waals surface area contributed by atoms with Gasteiger partial charge >= 0.3 is 5.97 Å². The number of carbonyl (C=O) groups is 3. The average molecular weight is 402 g/mol. The van der Waals surface area contributed by atoms with Crippen molar-refractivity contribution in [1.82, 2.24) is 10.2 Å². The molecule has 158 valence electrons. The van der Waals surface area contributed by atoms with Gasteiger partial charge in [-0.2, -0.15) is 0 Å². The van der Waals surface area contributed by atoms with E-state index in [1.807, 2.05) is 32.0 Å². The number of amides is 2. The second-order valence-electron chi connectivity index (χ2n) is 9.42. The summed E-state index contributed by atoms with van der Waals surface area (Å²) >= 11 is 0. The predicted molar refractivity (Wildman–Crippen MR) is 107 cm³/mol. The molecule has 0 saturated carbocycles. The quantitative estimate of drug-likeness (QED) is 0.735. The van der Waals surface area contributed by atoms with Crippen molar-refractivity contribution in [3.8, 4) is 5.75 Å². The molecule has 0 aromatic heterocycles. The Morgan fingerprint density at radius 3 is 2.38 bits per heavy atom. The lowest BCUT2D eigenvalue weighted by molar-refractivity contribution is -0.154. The van der Waals surface area contributed by atoms with Crippen LogP contribution >= 0.6 is 0 Å². The summed E-state index contributed by atoms with van der Waals surface area (Å²) in [5.41, 5.74) is -1.56. The van der Waals surface area contributed by atoms with Crippen molar-refractivity contribution >= 4 is 17.8 Å². The number of likely N-dealkylation sites (tertiary alicyclic amines) is 1. The summed E-state index contributed by atoms with van der Waals surface area (Å²) in [7, 11) is 1.53. The van der Waals surface area contributed by atoms with Crippen LogP contribution in [0.4, 0.5) is 0 Å². The molecule has 2 saturated heterocycles. The summed E-state index contributed by atoms with van der Waals surface area (Å²) in [6, 6.07) is 6.60. The number of nitrogens with zero attached hydrogens (tertiary/aromatic N) is 1. The number of imide groups is 1. The van der Waals surface area contributed by atoms with Crippen LogP contribution < -0.4 is 10.1 Å². The monoisotopic (exact) mass is 402 g/mol. The zero-order valence-corrected chi connectivity index (χ0v) is 17.9. The van der Waals surface area contributed by atoms with Gasteiger partial charge in [-0.3, -0.25) is 24.6 Å². The summed E-state index contributed by atoms with van der Waals surface area (Å²) < 4.78 is 5.47. The van der Waals surface area contributed by atoms with E-state index < -0.39 is 40.8 Å². The van der Waals surface area contributed by atoms with Crippen molar-refractivity contribution in [2.24, 2.45) is 17.8 Å². The molecule has 2 fully saturated rings. The zero-order chi connectivity index (χ0) is 21.7. The largest absolute Gasteiger partial charge is 0.496 e. The van der Waals surface area contributed by atoms with Crippen LogP contribution in [0.25, 0.3) is 0 Å². The van der Waals surface area contributed by atoms with E-state index in [2.05, 4.69) is 5.32 Å². The predicted octanol–water partition coefficient (Wildman–Crippen LogP) is 2.61. The van der Waals surface area contributed by atoms with Crippen LogP contribution in [0.1, 0.15) is 52.6 Å². The van der Waals surface area contributed by atoms with Gasteiger partial charge in [0.1, 0.15) is 11.3 Å². The first kappa shape index (κ1) is 21.3. The highest BCUT2D eigenvalue weighted by atomic mass is 16.5. The Hall–Kier alpha value is -2.41. The number of aliphatic carboxylic acids is 1. The van der Waals surface area contributed by atoms with Gasteiger partial charge in [0.2, 0.25) is 11.8 Å². The summed E-state index contributed by atoms with van der Waals surface area (Å²) in [5.74, 6) is -3.04. The fraction of sp³-hybridized carbons (Fsp3) is 0.591. The number of rotatable bonds is 5. The fourth-order valence-corrected chi connectivity index (χ4v) is 4.97. The highest BCUT2D eigenvalue weighted by Crippen LogP contribution is 2.53. The van der Waals surface area contributed by atoms with Crippen LogP contribution in [-0.4, -0.2) is 46.0 Å². The molecule has 3 rings (SSSR count). The molecule has 2 heterocycles. The number of carboxylic acid groups (broad SMARTS) is 1. The third-order valence-corrected chi connectivity index (χ3v) is 5.91. The molecule has 7 heteroatoms. The van der Waals surface area contributed by atoms with Crippen LogP contribution in [0.5, 0.6) is 5.75 Å². The van der Waals surface area contributed by atoms with E-state index in [1.165, 1.54) is 12.0 Å². The number of carbonyl (C=O) groups excluding carboxylic acids is 2. The molecule has 2 N–H and O–H groups in total. The lowest BCUT2D eigenvalue weighted by Gasteiger charge is -2.36. The first-order chi connectivity index (χ1) is 13.5. The maximum atomic E-state index is 13.5. The van der Waals surface area contributed by atoms with Crippen molar-refractivity contribution in [1.29, 1.82) is 0 Å². The molecule has 0 bridgehead atoms. The summed E-state index contributed by atoms with van der Waals surface area (Å²) in [6.07, 6.45) is 0.242. The van der Waals surface area contributed by atoms with Crippen LogP contribution in [-0.2, 0) is 14.4 Å². The third-order valence-electron chi connectivity index (χ3n) is 5.91. The molecule has 7 nitrogen and oxygen atoms in total. The second-order valence-corrected chi connectivity index (χ2v) is 9.42. The van der Waals surface area contributed by atoms with Gasteiger partial charge in [-0.25, -0.2) is 0 Å². The smallest absolute Gasteiger partial charge is 0.324 e. The normalized spacial score (nSPS) is 29.5. The van der Waals surface area contributed by atoms with Crippen LogP contribution in [0, 0.1) is 17.8 Å². The van der Waals surface area contributed by atoms with Gasteiger partial charge in [0.15, 0.2) is 0 Å². The summed E-state index contributed by atoms with van der Waals surface area (Å²) in [5, 5.41) is 13.5. The third kappa shape index (κ3) is 3.21. The number of fused-ring (bicyclic) bond motifs is 1. The van der Waals surface area contributed by atoms with Crippen LogP contribution in [0.3, 0.4) is 0 Å². The van der Waals surface area contributed by atoms with Gasteiger partial charge in [-0.15, -0.1) is 0 Å². The summed E-state index contributed by atoms with van der Waals surface area (Å²) in [4.78, 5) is 40.7. The Morgan fingerprint density at radius 1 is 1.24 bits per heavy atom. The van der Waals surface area contributed by atoms with Crippen molar-refractivity contribution in [2.75, 3.05) is 7.11 Å². The van der Waals surface area contributed by atoms with E-state index >= 15 is 0 Å². The number of benzene rings is 1. The Labute approximate surface area is 171 Å². The van der Waals surface area contributed by atoms with Gasteiger partial charge < -0.3 is 9.84 Å². The topological polar surface area (TPSA) is 95.9 Å². The minimum absolute atomic E-state index is 0.0160. The Bertz CT molecular complexity index is 844. The molecule has 4 atom stereocenters. The van der Waals surface area contributed by atoms with E-state index in [9.17, 15) is 19.5 Å². The van der Waals surface area contributed by atoms with Crippen molar-refractivity contribution in [3.05, 3.63) is 29.8 Å². The zero-order valence-electron chi connectivity index (χ0n) is 17.9. The molecular weight excluding hydrogens is 372 g/mol. The van der Waals surface area contributed by atoms with Crippen molar-refractivity contribution < 1.29 is 24.2 Å². The number of nitrogens with one attached hydrogen (secondary N) is 1. The number of hydrogen-bond donors (Lipinski definition) is 2. The maximum absolute atomic E-state index is 13.5. The molecule has 1 aromatic carbocycles. The lowest BCUT2D eigenvalue weighted by Crippen LogP contribution is -2.58. The number of ether oxygens (including phenoxy) is 1. The Morgan fingerprint density at radius 2 is 1.86 bits per heavy atom. The van der Waals surface area contributed by atoms with Gasteiger partial charge in [-0.05, 0) is 39.2 Å². The lowest BCUT2D eigenvalue weighted by atomic mass is 9.75. The molecule has 0 radical (unpaired) electrons. The minimum Gasteiger partial charge on any atom is -0.496 e. The molecular formula is C22H30N2O5. The number of hydrogen-bond acceptors (Lipinski definition) is 5. The molecule has 2 amide bonds. The standard InChI is InChI=1S/C22H30N2O5/c1-12(2)11-22(20(27)28)16-15(18(25)24(19(16)26)21(3,4)5)17(23-22)13-9-7-8-10-14(13)29-6/h7-10,12,15-17,23H,11H2,1-6H3,(H,27,28). The maximum Gasteiger partial charge on any atom is 0.324 e. The average Bonchev–Trinajstić information content (AvgIpc) is 3.09. The second kappa shape index (κ2) is 7.13. The van der Waals surface area contributed by atoms with Crippen molar-refractivity contribution in [3.63, 3.8) is 0 Å². The first-order valence-corrected chi connectivity index (χ1v) is 9.97. The Balaban J connectivity index is 2.22. The number of para-hydroxylation sites is 1. The molecule has 2 aliphatic rings. The van der Waals surface area contributed by atoms with Gasteiger partial charge in [0.25, 0.3) is 0 Å². The molecule has 0 spiro atoms. The van der Waals surface area contributed by atoms with Crippen LogP contribution in [0.15, 0.2) is 24.3 Å². The number of methoxy groups -OCH3 is 1. The minimum atomic E-state index is -1.52. The molecule has 4 unspecified atom stereocenters. The Kier molecular flexibility index (Phi) is 5.24. The van der Waals surface area contributed by atoms with Gasteiger partial charge in [-0.1, -0.05) is 32.0 Å². The van der Waals surface area contributed by atoms with Gasteiger partial charge in [0.05, 0.1) is 18.9 Å². The van der Waals surface area contributed by atoms with E-state index in [4.69, 9.17) is 4.74 Å². The highest BCUT2D eigenvalue weighted by Gasteiger charge is 2.69. The molecule has 1 aromatic rings. The van der Waals surface area contributed by atoms with Crippen LogP contribution in [0.2, 0.25) is 0 Å². The van der Waals surface area contributed by atoms with Gasteiger partial charge in [0, 0.05) is 17.1 Å². The van der Waals surface area contributed by atoms with Crippen molar-refractivity contribution in [2.45, 2.75) is 58.2 Å². The van der Waals surface area contributed by atoms with E-state index in [-0.39, 0.29) is 18.2 Å². The molecule has 0 aliphatic carbocycles. The summed E-state index contributed by atoms with van der Waals surface area (Å²) in [6.45, 7) is 9.21. The highest BCUT2D eigenvalue weighted by molar-refractivity contribution is 6.10. The van der Waals surface area contributed by atoms with E-state index in [0.717, 1.165) is 0 Å². The van der Waals surface area contributed by atoms with E-state index in [1.54, 1.807) is 26.8 Å².